The van der Waals surface area contributed by atoms with Gasteiger partial charge in [0.05, 0.1) is 25.7 Å². The number of benzene rings is 1. The highest BCUT2D eigenvalue weighted by Crippen LogP contribution is 2.27. The number of nitrogens with one attached hydrogen (secondary N) is 1. The molecule has 114 valence electrons. The summed E-state index contributed by atoms with van der Waals surface area (Å²) in [6.07, 6.45) is 1.73. The number of aliphatic hydroxyl groups excluding tert-OH is 1. The summed E-state index contributed by atoms with van der Waals surface area (Å²) in [5.74, 6) is 0.171. The molecule has 2 aromatic rings. The number of furan rings is 1. The molecule has 0 saturated carbocycles. The molecule has 1 unspecified atom stereocenters. The lowest BCUT2D eigenvalue weighted by Crippen LogP contribution is -2.28. The van der Waals surface area contributed by atoms with Crippen LogP contribution in [0.3, 0.4) is 0 Å². The van der Waals surface area contributed by atoms with Gasteiger partial charge in [0.25, 0.3) is 0 Å². The molecule has 0 amide bonds. The van der Waals surface area contributed by atoms with Crippen molar-refractivity contribution in [2.75, 3.05) is 13.7 Å². The molecule has 0 aliphatic carbocycles. The van der Waals surface area contributed by atoms with E-state index in [0.717, 1.165) is 0 Å². The summed E-state index contributed by atoms with van der Waals surface area (Å²) in [6, 6.07) is 5.83. The van der Waals surface area contributed by atoms with Crippen molar-refractivity contribution in [2.24, 2.45) is 0 Å². The second kappa shape index (κ2) is 6.48. The Hall–Kier alpha value is -1.54. The van der Waals surface area contributed by atoms with Gasteiger partial charge in [-0.2, -0.15) is 0 Å². The molecular weight excluding hydrogens is 318 g/mol. The molecule has 2 N–H and O–H groups in total. The van der Waals surface area contributed by atoms with Gasteiger partial charge in [0, 0.05) is 17.1 Å². The first-order chi connectivity index (χ1) is 9.94. The quantitative estimate of drug-likeness (QED) is 0.844. The Kier molecular flexibility index (Phi) is 4.89. The van der Waals surface area contributed by atoms with E-state index in [0.29, 0.717) is 5.56 Å². The van der Waals surface area contributed by atoms with Crippen molar-refractivity contribution in [1.82, 2.24) is 4.72 Å². The van der Waals surface area contributed by atoms with Crippen molar-refractivity contribution in [3.05, 3.63) is 47.4 Å². The van der Waals surface area contributed by atoms with E-state index >= 15 is 0 Å². The Labute approximate surface area is 127 Å². The molecule has 0 radical (unpaired) electrons. The third kappa shape index (κ3) is 3.76. The van der Waals surface area contributed by atoms with E-state index in [2.05, 4.69) is 4.72 Å². The van der Waals surface area contributed by atoms with E-state index < -0.39 is 16.1 Å². The van der Waals surface area contributed by atoms with Crippen molar-refractivity contribution in [2.45, 2.75) is 11.0 Å². The molecule has 0 spiro atoms. The topological polar surface area (TPSA) is 88.8 Å². The summed E-state index contributed by atoms with van der Waals surface area (Å²) < 4.78 is 36.7. The standard InChI is InChI=1S/C13H14ClNO5S/c1-19-12-3-2-10(14)6-13(12)21(17,18)15-7-11(16)9-4-5-20-8-9/h2-6,8,11,15-16H,7H2,1H3. The molecule has 1 aromatic heterocycles. The summed E-state index contributed by atoms with van der Waals surface area (Å²) in [5.41, 5.74) is 0.482. The Morgan fingerprint density at radius 2 is 2.19 bits per heavy atom. The number of rotatable bonds is 6. The Bertz CT molecular complexity index is 699. The third-order valence-electron chi connectivity index (χ3n) is 2.81. The fourth-order valence-electron chi connectivity index (χ4n) is 1.71. The van der Waals surface area contributed by atoms with E-state index in [9.17, 15) is 13.5 Å². The molecule has 1 heterocycles. The van der Waals surface area contributed by atoms with Crippen molar-refractivity contribution in [3.63, 3.8) is 0 Å². The predicted octanol–water partition coefficient (Wildman–Crippen LogP) is 1.95. The van der Waals surface area contributed by atoms with Gasteiger partial charge < -0.3 is 14.3 Å². The van der Waals surface area contributed by atoms with E-state index in [4.69, 9.17) is 20.8 Å². The summed E-state index contributed by atoms with van der Waals surface area (Å²) in [4.78, 5) is -0.0862. The van der Waals surface area contributed by atoms with Gasteiger partial charge in [-0.05, 0) is 24.3 Å². The van der Waals surface area contributed by atoms with Crippen LogP contribution in [0.15, 0.2) is 46.1 Å². The molecule has 1 atom stereocenters. The highest BCUT2D eigenvalue weighted by Gasteiger charge is 2.21. The van der Waals surface area contributed by atoms with Gasteiger partial charge in [-0.25, -0.2) is 13.1 Å². The minimum atomic E-state index is -3.86. The molecule has 0 fully saturated rings. The average Bonchev–Trinajstić information content (AvgIpc) is 2.99. The zero-order valence-corrected chi connectivity index (χ0v) is 12.7. The molecule has 6 nitrogen and oxygen atoms in total. The number of aliphatic hydroxyl groups is 1. The zero-order chi connectivity index (χ0) is 15.5. The molecule has 0 aliphatic rings. The average molecular weight is 332 g/mol. The largest absolute Gasteiger partial charge is 0.495 e. The van der Waals surface area contributed by atoms with Crippen LogP contribution in [0.4, 0.5) is 0 Å². The maximum absolute atomic E-state index is 12.3. The Balaban J connectivity index is 2.17. The molecule has 21 heavy (non-hydrogen) atoms. The Morgan fingerprint density at radius 3 is 2.81 bits per heavy atom. The van der Waals surface area contributed by atoms with E-state index in [-0.39, 0.29) is 22.2 Å². The second-order valence-electron chi connectivity index (χ2n) is 4.22. The number of halogens is 1. The first kappa shape index (κ1) is 15.8. The predicted molar refractivity (Wildman–Crippen MR) is 76.9 cm³/mol. The van der Waals surface area contributed by atoms with E-state index in [1.807, 2.05) is 0 Å². The lowest BCUT2D eigenvalue weighted by Gasteiger charge is -2.13. The molecule has 1 aromatic carbocycles. The summed E-state index contributed by atoms with van der Waals surface area (Å²) in [5, 5.41) is 10.1. The lowest BCUT2D eigenvalue weighted by atomic mass is 10.2. The zero-order valence-electron chi connectivity index (χ0n) is 11.1. The maximum atomic E-state index is 12.3. The highest BCUT2D eigenvalue weighted by molar-refractivity contribution is 7.89. The van der Waals surface area contributed by atoms with E-state index in [1.165, 1.54) is 37.8 Å². The first-order valence-electron chi connectivity index (χ1n) is 5.97. The molecular formula is C13H14ClNO5S. The molecule has 2 rings (SSSR count). The fraction of sp³-hybridized carbons (Fsp3) is 0.231. The van der Waals surface area contributed by atoms with Crippen LogP contribution in [0.5, 0.6) is 5.75 Å². The monoisotopic (exact) mass is 331 g/mol. The minimum Gasteiger partial charge on any atom is -0.495 e. The SMILES string of the molecule is COc1ccc(Cl)cc1S(=O)(=O)NCC(O)c1ccoc1. The lowest BCUT2D eigenvalue weighted by molar-refractivity contribution is 0.181. The van der Waals surface area contributed by atoms with Crippen LogP contribution in [0, 0.1) is 0 Å². The van der Waals surface area contributed by atoms with Crippen LogP contribution in [0.2, 0.25) is 5.02 Å². The molecule has 0 saturated heterocycles. The van der Waals surface area contributed by atoms with Crippen molar-refractivity contribution < 1.29 is 22.7 Å². The highest BCUT2D eigenvalue weighted by atomic mass is 35.5. The van der Waals surface area contributed by atoms with Gasteiger partial charge in [-0.3, -0.25) is 0 Å². The van der Waals surface area contributed by atoms with E-state index in [1.54, 1.807) is 6.07 Å². The molecule has 0 aliphatic heterocycles. The van der Waals surface area contributed by atoms with Gasteiger partial charge in [0.1, 0.15) is 10.6 Å². The minimum absolute atomic E-state index is 0.0862. The van der Waals surface area contributed by atoms with Crippen LogP contribution in [-0.4, -0.2) is 27.2 Å². The van der Waals surface area contributed by atoms with Gasteiger partial charge >= 0.3 is 0 Å². The number of sulfonamides is 1. The third-order valence-corrected chi connectivity index (χ3v) is 4.49. The van der Waals surface area contributed by atoms with Crippen LogP contribution in [0.1, 0.15) is 11.7 Å². The van der Waals surface area contributed by atoms with Crippen molar-refractivity contribution in [3.8, 4) is 5.75 Å². The Morgan fingerprint density at radius 1 is 1.43 bits per heavy atom. The summed E-state index contributed by atoms with van der Waals surface area (Å²) in [6.45, 7) is -0.197. The van der Waals surface area contributed by atoms with Gasteiger partial charge in [0.2, 0.25) is 10.0 Å². The number of ether oxygens (including phenoxy) is 1. The number of methoxy groups -OCH3 is 1. The fourth-order valence-corrected chi connectivity index (χ4v) is 3.18. The summed E-state index contributed by atoms with van der Waals surface area (Å²) in [7, 11) is -2.50. The van der Waals surface area contributed by atoms with Crippen molar-refractivity contribution in [1.29, 1.82) is 0 Å². The second-order valence-corrected chi connectivity index (χ2v) is 6.39. The van der Waals surface area contributed by atoms with Crippen LogP contribution < -0.4 is 9.46 Å². The number of hydrogen-bond acceptors (Lipinski definition) is 5. The molecule has 8 heteroatoms. The smallest absolute Gasteiger partial charge is 0.244 e. The van der Waals surface area contributed by atoms with Gasteiger partial charge in [-0.1, -0.05) is 11.6 Å². The van der Waals surface area contributed by atoms with Crippen LogP contribution >= 0.6 is 11.6 Å². The van der Waals surface area contributed by atoms with Gasteiger partial charge in [0.15, 0.2) is 0 Å². The van der Waals surface area contributed by atoms with Crippen LogP contribution in [0.25, 0.3) is 0 Å². The first-order valence-corrected chi connectivity index (χ1v) is 7.83. The molecule has 0 bridgehead atoms. The maximum Gasteiger partial charge on any atom is 0.244 e. The van der Waals surface area contributed by atoms with Crippen molar-refractivity contribution >= 4 is 21.6 Å². The normalized spacial score (nSPS) is 13.1. The van der Waals surface area contributed by atoms with Crippen LogP contribution in [-0.2, 0) is 10.0 Å². The van der Waals surface area contributed by atoms with Gasteiger partial charge in [-0.15, -0.1) is 0 Å². The summed E-state index contributed by atoms with van der Waals surface area (Å²) >= 11 is 5.81. The number of hydrogen-bond donors (Lipinski definition) is 2.